The highest BCUT2D eigenvalue weighted by molar-refractivity contribution is 6.20. The monoisotopic (exact) mass is 303 g/mol. The molecule has 0 bridgehead atoms. The Labute approximate surface area is 129 Å². The number of carbonyl (C=O) groups excluding carboxylic acids is 1. The van der Waals surface area contributed by atoms with Gasteiger partial charge in [0.2, 0.25) is 6.29 Å². The summed E-state index contributed by atoms with van der Waals surface area (Å²) in [6.07, 6.45) is 2.63. The molecule has 4 heteroatoms. The average molecular weight is 304 g/mol. The summed E-state index contributed by atoms with van der Waals surface area (Å²) in [5.41, 5.74) is 0.500. The summed E-state index contributed by atoms with van der Waals surface area (Å²) >= 11 is 5.86. The minimum atomic E-state index is 0.110. The number of halogens is 1. The zero-order chi connectivity index (χ0) is 15.1. The maximum atomic E-state index is 10.5. The first-order valence-corrected chi connectivity index (χ1v) is 7.14. The van der Waals surface area contributed by atoms with Crippen molar-refractivity contribution in [3.63, 3.8) is 0 Å². The molecule has 109 valence electrons. The van der Waals surface area contributed by atoms with Gasteiger partial charge in [0.05, 0.1) is 6.61 Å². The van der Waals surface area contributed by atoms with Crippen LogP contribution in [0.2, 0.25) is 0 Å². The molecule has 0 aliphatic heterocycles. The van der Waals surface area contributed by atoms with Gasteiger partial charge in [-0.25, -0.2) is 0 Å². The van der Waals surface area contributed by atoms with Crippen molar-refractivity contribution < 1.29 is 14.3 Å². The van der Waals surface area contributed by atoms with Crippen LogP contribution in [0.5, 0.6) is 17.2 Å². The van der Waals surface area contributed by atoms with E-state index in [0.29, 0.717) is 23.7 Å². The predicted molar refractivity (Wildman–Crippen MR) is 83.2 cm³/mol. The molecule has 0 fully saturated rings. The molecule has 0 aromatic heterocycles. The molecule has 2 rings (SSSR count). The van der Waals surface area contributed by atoms with Gasteiger partial charge in [-0.05, 0) is 61.9 Å². The topological polar surface area (TPSA) is 35.5 Å². The van der Waals surface area contributed by atoms with Crippen LogP contribution in [0, 0.1) is 0 Å². The zero-order valence-electron chi connectivity index (χ0n) is 11.7. The van der Waals surface area contributed by atoms with Gasteiger partial charge in [-0.2, -0.15) is 0 Å². The van der Waals surface area contributed by atoms with E-state index in [9.17, 15) is 4.79 Å². The van der Waals surface area contributed by atoms with Crippen LogP contribution in [0.3, 0.4) is 0 Å². The van der Waals surface area contributed by atoms with E-state index < -0.39 is 0 Å². The van der Waals surface area contributed by atoms with Crippen molar-refractivity contribution in [3.8, 4) is 17.2 Å². The van der Waals surface area contributed by atoms with Crippen LogP contribution >= 0.6 is 11.6 Å². The lowest BCUT2D eigenvalue weighted by Gasteiger charge is -2.09. The largest absolute Gasteiger partial charge is 0.494 e. The van der Waals surface area contributed by atoms with Crippen LogP contribution in [0.4, 0.5) is 0 Å². The van der Waals surface area contributed by atoms with Gasteiger partial charge in [-0.3, -0.25) is 4.79 Å². The Bertz CT molecular complexity index is 562. The van der Waals surface area contributed by atoms with Crippen LogP contribution in [-0.4, -0.2) is 18.3 Å². The van der Waals surface area contributed by atoms with E-state index in [4.69, 9.17) is 21.1 Å². The van der Waals surface area contributed by atoms with Crippen molar-refractivity contribution in [3.05, 3.63) is 54.1 Å². The molecule has 1 atom stereocenters. The molecule has 2 aromatic rings. The summed E-state index contributed by atoms with van der Waals surface area (Å²) < 4.78 is 11.2. The molecular weight excluding hydrogens is 288 g/mol. The van der Waals surface area contributed by atoms with Gasteiger partial charge < -0.3 is 9.47 Å². The van der Waals surface area contributed by atoms with Crippen molar-refractivity contribution in [2.24, 2.45) is 0 Å². The number of ether oxygens (including phenoxy) is 2. The lowest BCUT2D eigenvalue weighted by atomic mass is 10.2. The maximum Gasteiger partial charge on any atom is 0.233 e. The average Bonchev–Trinajstić information content (AvgIpc) is 2.49. The van der Waals surface area contributed by atoms with Crippen molar-refractivity contribution in [1.82, 2.24) is 0 Å². The zero-order valence-corrected chi connectivity index (χ0v) is 12.5. The van der Waals surface area contributed by atoms with E-state index in [0.717, 1.165) is 12.2 Å². The van der Waals surface area contributed by atoms with E-state index in [1.54, 1.807) is 24.3 Å². The lowest BCUT2D eigenvalue weighted by molar-refractivity contribution is 0.310. The van der Waals surface area contributed by atoms with E-state index in [1.165, 1.54) is 0 Å². The van der Waals surface area contributed by atoms with Gasteiger partial charge in [0.15, 0.2) is 0 Å². The fraction of sp³-hybridized carbons (Fsp3) is 0.235. The molecule has 0 saturated carbocycles. The Kier molecular flexibility index (Phi) is 5.64. The molecular formula is C17H16ClO3. The molecule has 21 heavy (non-hydrogen) atoms. The number of hydrogen-bond donors (Lipinski definition) is 0. The van der Waals surface area contributed by atoms with Gasteiger partial charge in [-0.1, -0.05) is 0 Å². The number of benzene rings is 2. The third kappa shape index (κ3) is 5.12. The minimum absolute atomic E-state index is 0.110. The molecule has 1 radical (unpaired) electrons. The summed E-state index contributed by atoms with van der Waals surface area (Å²) in [4.78, 5) is 10.5. The van der Waals surface area contributed by atoms with Gasteiger partial charge in [0.25, 0.3) is 0 Å². The third-order valence-corrected chi connectivity index (χ3v) is 3.03. The Morgan fingerprint density at radius 3 is 2.05 bits per heavy atom. The first-order valence-electron chi connectivity index (χ1n) is 6.70. The van der Waals surface area contributed by atoms with Gasteiger partial charge >= 0.3 is 0 Å². The summed E-state index contributed by atoms with van der Waals surface area (Å²) in [7, 11) is 0. The van der Waals surface area contributed by atoms with Crippen LogP contribution in [0.25, 0.3) is 0 Å². The quantitative estimate of drug-likeness (QED) is 0.714. The van der Waals surface area contributed by atoms with Crippen molar-refractivity contribution >= 4 is 17.9 Å². The minimum Gasteiger partial charge on any atom is -0.494 e. The Hall–Kier alpha value is -2.00. The predicted octanol–water partition coefficient (Wildman–Crippen LogP) is 4.33. The van der Waals surface area contributed by atoms with Crippen LogP contribution in [-0.2, 0) is 4.79 Å². The van der Waals surface area contributed by atoms with E-state index in [2.05, 4.69) is 0 Å². The van der Waals surface area contributed by atoms with Crippen LogP contribution in [0.1, 0.15) is 18.9 Å². The maximum absolute atomic E-state index is 10.5. The first kappa shape index (κ1) is 15.4. The van der Waals surface area contributed by atoms with Gasteiger partial charge in [-0.15, -0.1) is 11.6 Å². The highest BCUT2D eigenvalue weighted by Gasteiger charge is 2.01. The molecule has 0 saturated heterocycles. The molecule has 0 heterocycles. The van der Waals surface area contributed by atoms with Crippen LogP contribution < -0.4 is 9.47 Å². The molecule has 0 N–H and O–H groups in total. The van der Waals surface area contributed by atoms with E-state index in [-0.39, 0.29) is 5.38 Å². The number of hydrogen-bond acceptors (Lipinski definition) is 3. The third-order valence-electron chi connectivity index (χ3n) is 2.82. The summed E-state index contributed by atoms with van der Waals surface area (Å²) in [5, 5.41) is 0.110. The van der Waals surface area contributed by atoms with Gasteiger partial charge in [0, 0.05) is 10.9 Å². The Balaban J connectivity index is 1.90. The lowest BCUT2D eigenvalue weighted by Crippen LogP contribution is -2.02. The fourth-order valence-electron chi connectivity index (χ4n) is 1.67. The molecule has 0 aliphatic rings. The summed E-state index contributed by atoms with van der Waals surface area (Å²) in [6.45, 7) is 2.53. The Morgan fingerprint density at radius 2 is 1.52 bits per heavy atom. The molecule has 3 nitrogen and oxygen atoms in total. The second-order valence-corrected chi connectivity index (χ2v) is 5.36. The van der Waals surface area contributed by atoms with Gasteiger partial charge in [0.1, 0.15) is 17.2 Å². The second-order valence-electron chi connectivity index (χ2n) is 4.62. The summed E-state index contributed by atoms with van der Waals surface area (Å²) in [5.74, 6) is 2.15. The molecule has 0 aliphatic carbocycles. The van der Waals surface area contributed by atoms with Crippen molar-refractivity contribution in [2.45, 2.75) is 18.7 Å². The highest BCUT2D eigenvalue weighted by Crippen LogP contribution is 2.24. The van der Waals surface area contributed by atoms with E-state index in [1.807, 2.05) is 37.5 Å². The summed E-state index contributed by atoms with van der Waals surface area (Å²) in [6, 6.07) is 14.1. The molecule has 0 amide bonds. The molecule has 1 unspecified atom stereocenters. The van der Waals surface area contributed by atoms with Crippen LogP contribution in [0.15, 0.2) is 48.5 Å². The molecule has 2 aromatic carbocycles. The first-order chi connectivity index (χ1) is 10.2. The van der Waals surface area contributed by atoms with E-state index >= 15 is 0 Å². The highest BCUT2D eigenvalue weighted by atomic mass is 35.5. The molecule has 0 spiro atoms. The Morgan fingerprint density at radius 1 is 1.00 bits per heavy atom. The number of rotatable bonds is 7. The standard InChI is InChI=1S/C17H16ClO3/c1-13(18)10-11-20-15-6-8-17(9-7-15)21-16-4-2-14(12-19)3-5-16/h2-9,13H,10-11H2,1H3. The smallest absolute Gasteiger partial charge is 0.233 e. The number of alkyl halides is 1. The second kappa shape index (κ2) is 7.70. The van der Waals surface area contributed by atoms with Crippen molar-refractivity contribution in [2.75, 3.05) is 6.61 Å². The van der Waals surface area contributed by atoms with Crippen molar-refractivity contribution in [1.29, 1.82) is 0 Å². The fourth-order valence-corrected chi connectivity index (χ4v) is 1.76. The SMILES string of the molecule is CC(Cl)CCOc1ccc(Oc2ccc([C]=O)cc2)cc1. The normalized spacial score (nSPS) is 11.7.